The smallest absolute Gasteiger partial charge is 0.101 e. The second kappa shape index (κ2) is 3.04. The van der Waals surface area contributed by atoms with Gasteiger partial charge >= 0.3 is 0 Å². The molecule has 0 aliphatic rings. The van der Waals surface area contributed by atoms with Crippen molar-refractivity contribution in [2.24, 2.45) is 4.36 Å². The quantitative estimate of drug-likeness (QED) is 0.610. The Morgan fingerprint density at radius 1 is 1.40 bits per heavy atom. The van der Waals surface area contributed by atoms with Crippen molar-refractivity contribution in [1.29, 1.82) is 5.26 Å². The van der Waals surface area contributed by atoms with E-state index in [9.17, 15) is 0 Å². The van der Waals surface area contributed by atoms with Crippen molar-refractivity contribution in [3.63, 3.8) is 0 Å². The van der Waals surface area contributed by atoms with Crippen molar-refractivity contribution in [3.05, 3.63) is 29.8 Å². The minimum Gasteiger partial charge on any atom is -0.192 e. The first kappa shape index (κ1) is 6.84. The van der Waals surface area contributed by atoms with E-state index in [1.54, 1.807) is 24.3 Å². The second-order valence-corrected chi connectivity index (χ2v) is 1.90. The fraction of sp³-hybridized carbons (Fsp3) is 0. The lowest BCUT2D eigenvalue weighted by atomic mass is 10.2. The highest BCUT2D eigenvalue weighted by atomic mass is 32.1. The number of benzene rings is 1. The van der Waals surface area contributed by atoms with Crippen LogP contribution in [0.5, 0.6) is 0 Å². The molecule has 0 saturated heterocycles. The molecule has 0 spiro atoms. The van der Waals surface area contributed by atoms with E-state index in [0.29, 0.717) is 11.3 Å². The third-order valence-electron chi connectivity index (χ3n) is 1.12. The number of hydrogen-bond acceptors (Lipinski definition) is 3. The molecule has 0 unspecified atom stereocenters. The van der Waals surface area contributed by atoms with Crippen molar-refractivity contribution in [2.45, 2.75) is 0 Å². The molecule has 0 saturated carbocycles. The summed E-state index contributed by atoms with van der Waals surface area (Å²) in [7, 11) is 0. The van der Waals surface area contributed by atoms with Gasteiger partial charge < -0.3 is 0 Å². The number of nitriles is 1. The fourth-order valence-electron chi connectivity index (χ4n) is 0.648. The number of rotatable bonds is 1. The van der Waals surface area contributed by atoms with Crippen LogP contribution in [0.3, 0.4) is 0 Å². The van der Waals surface area contributed by atoms with Crippen molar-refractivity contribution in [1.82, 2.24) is 0 Å². The van der Waals surface area contributed by atoms with E-state index in [-0.39, 0.29) is 0 Å². The monoisotopic (exact) mass is 148 g/mol. The van der Waals surface area contributed by atoms with E-state index in [4.69, 9.17) is 5.26 Å². The van der Waals surface area contributed by atoms with Crippen LogP contribution in [0.2, 0.25) is 0 Å². The zero-order chi connectivity index (χ0) is 7.40. The topological polar surface area (TPSA) is 36.1 Å². The first-order valence-corrected chi connectivity index (χ1v) is 3.07. The van der Waals surface area contributed by atoms with Crippen molar-refractivity contribution in [2.75, 3.05) is 0 Å². The van der Waals surface area contributed by atoms with Gasteiger partial charge in [0.2, 0.25) is 0 Å². The number of nitrogens with zero attached hydrogens (tertiary/aromatic N) is 2. The molecule has 1 aromatic carbocycles. The average Bonchev–Trinajstić information content (AvgIpc) is 2.04. The fourth-order valence-corrected chi connectivity index (χ4v) is 0.807. The predicted molar refractivity (Wildman–Crippen MR) is 40.6 cm³/mol. The average molecular weight is 148 g/mol. The highest BCUT2D eigenvalue weighted by molar-refractivity contribution is 7.47. The Balaban J connectivity index is 3.24. The largest absolute Gasteiger partial charge is 0.192 e. The van der Waals surface area contributed by atoms with Gasteiger partial charge in [0.25, 0.3) is 0 Å². The molecule has 0 heterocycles. The minimum atomic E-state index is 0.525. The molecule has 48 valence electrons. The summed E-state index contributed by atoms with van der Waals surface area (Å²) in [6.45, 7) is 0. The summed E-state index contributed by atoms with van der Waals surface area (Å²) >= 11 is 4.45. The van der Waals surface area contributed by atoms with E-state index in [0.717, 1.165) is 0 Å². The Labute approximate surface area is 64.3 Å². The Hall–Kier alpha value is -1.27. The molecule has 0 atom stereocenters. The minimum absolute atomic E-state index is 0.525. The van der Waals surface area contributed by atoms with Crippen LogP contribution in [0.4, 0.5) is 5.69 Å². The van der Waals surface area contributed by atoms with E-state index in [2.05, 4.69) is 16.8 Å². The summed E-state index contributed by atoms with van der Waals surface area (Å²) in [4.78, 5) is 0. The van der Waals surface area contributed by atoms with Crippen LogP contribution < -0.4 is 0 Å². The summed E-state index contributed by atoms with van der Waals surface area (Å²) < 4.78 is 3.50. The van der Waals surface area contributed by atoms with Gasteiger partial charge in [-0.15, -0.1) is 0 Å². The zero-order valence-electron chi connectivity index (χ0n) is 5.11. The highest BCUT2D eigenvalue weighted by Crippen LogP contribution is 2.15. The molecule has 1 aromatic rings. The molecule has 0 radical (unpaired) electrons. The summed E-state index contributed by atoms with van der Waals surface area (Å²) in [5.74, 6) is 0. The molecule has 0 fully saturated rings. The summed E-state index contributed by atoms with van der Waals surface area (Å²) in [5.41, 5.74) is 1.09. The van der Waals surface area contributed by atoms with Crippen LogP contribution in [-0.2, 0) is 12.4 Å². The lowest BCUT2D eigenvalue weighted by Gasteiger charge is -1.90. The van der Waals surface area contributed by atoms with Crippen LogP contribution in [0.25, 0.3) is 0 Å². The molecule has 0 aromatic heterocycles. The maximum Gasteiger partial charge on any atom is 0.101 e. The lowest BCUT2D eigenvalue weighted by Crippen LogP contribution is -1.71. The first-order chi connectivity index (χ1) is 4.88. The Morgan fingerprint density at radius 3 is 2.60 bits per heavy atom. The van der Waals surface area contributed by atoms with Crippen molar-refractivity contribution >= 4 is 18.1 Å². The van der Waals surface area contributed by atoms with Gasteiger partial charge in [0.15, 0.2) is 0 Å². The molecule has 10 heavy (non-hydrogen) atoms. The molecule has 0 bridgehead atoms. The van der Waals surface area contributed by atoms with Gasteiger partial charge in [-0.2, -0.15) is 9.62 Å². The van der Waals surface area contributed by atoms with Gasteiger partial charge in [0.05, 0.1) is 11.3 Å². The van der Waals surface area contributed by atoms with Gasteiger partial charge in [-0.1, -0.05) is 12.1 Å². The van der Waals surface area contributed by atoms with Crippen LogP contribution >= 0.6 is 0 Å². The third-order valence-corrected chi connectivity index (χ3v) is 1.32. The standard InChI is InChI=1S/C7H4N2S/c8-5-6-3-1-2-4-7(6)9-10/h1-4H. The Kier molecular flexibility index (Phi) is 2.08. The molecule has 3 heteroatoms. The van der Waals surface area contributed by atoms with E-state index >= 15 is 0 Å². The molecule has 0 aliphatic carbocycles. The molecule has 1 rings (SSSR count). The Bertz CT molecular complexity index is 288. The van der Waals surface area contributed by atoms with Crippen LogP contribution in [0.1, 0.15) is 5.56 Å². The predicted octanol–water partition coefficient (Wildman–Crippen LogP) is 1.92. The van der Waals surface area contributed by atoms with Gasteiger partial charge in [0, 0.05) is 12.4 Å². The summed E-state index contributed by atoms with van der Waals surface area (Å²) in [6.07, 6.45) is 0. The summed E-state index contributed by atoms with van der Waals surface area (Å²) in [6, 6.07) is 8.96. The van der Waals surface area contributed by atoms with Crippen LogP contribution in [0.15, 0.2) is 28.6 Å². The molecule has 2 nitrogen and oxygen atoms in total. The van der Waals surface area contributed by atoms with Crippen molar-refractivity contribution in [3.8, 4) is 6.07 Å². The first-order valence-electron chi connectivity index (χ1n) is 2.71. The van der Waals surface area contributed by atoms with E-state index < -0.39 is 0 Å². The van der Waals surface area contributed by atoms with Crippen LogP contribution in [0, 0.1) is 11.3 Å². The third kappa shape index (κ3) is 1.17. The van der Waals surface area contributed by atoms with Gasteiger partial charge in [-0.3, -0.25) is 0 Å². The zero-order valence-corrected chi connectivity index (χ0v) is 5.93. The maximum atomic E-state index is 8.49. The molecular weight excluding hydrogens is 144 g/mol. The van der Waals surface area contributed by atoms with Gasteiger partial charge in [-0.05, 0) is 12.1 Å². The highest BCUT2D eigenvalue weighted by Gasteiger charge is 1.95. The maximum absolute atomic E-state index is 8.49. The van der Waals surface area contributed by atoms with Gasteiger partial charge in [0.1, 0.15) is 6.07 Å². The summed E-state index contributed by atoms with van der Waals surface area (Å²) in [5, 5.41) is 8.49. The lowest BCUT2D eigenvalue weighted by molar-refractivity contribution is 1.46. The number of hydrogen-bond donors (Lipinski definition) is 0. The van der Waals surface area contributed by atoms with Gasteiger partial charge in [-0.25, -0.2) is 0 Å². The second-order valence-electron chi connectivity index (χ2n) is 1.72. The normalized spacial score (nSPS) is 8.30. The Morgan fingerprint density at radius 2 is 2.10 bits per heavy atom. The van der Waals surface area contributed by atoms with Crippen LogP contribution in [-0.4, -0.2) is 0 Å². The van der Waals surface area contributed by atoms with E-state index in [1.165, 1.54) is 0 Å². The molecule has 0 N–H and O–H groups in total. The molecular formula is C7H4N2S. The van der Waals surface area contributed by atoms with Crippen molar-refractivity contribution < 1.29 is 0 Å². The molecule has 0 amide bonds. The van der Waals surface area contributed by atoms with E-state index in [1.807, 2.05) is 6.07 Å². The SMILES string of the molecule is N#Cc1ccccc1N=S. The molecule has 0 aliphatic heterocycles.